The largest absolute Gasteiger partial charge is 0.375 e. The van der Waals surface area contributed by atoms with Crippen LogP contribution >= 0.6 is 0 Å². The van der Waals surface area contributed by atoms with Crippen LogP contribution in [0.5, 0.6) is 0 Å². The van der Waals surface area contributed by atoms with Crippen molar-refractivity contribution in [1.29, 1.82) is 0 Å². The zero-order chi connectivity index (χ0) is 13.4. The smallest absolute Gasteiger partial charge is 0.259 e. The van der Waals surface area contributed by atoms with E-state index in [-0.39, 0.29) is 23.8 Å². The van der Waals surface area contributed by atoms with Crippen LogP contribution in [0.15, 0.2) is 18.2 Å². The Kier molecular flexibility index (Phi) is 3.08. The molecule has 2 aliphatic heterocycles. The predicted octanol–water partition coefficient (Wildman–Crippen LogP) is 0.662. The number of hydrogen-bond donors (Lipinski definition) is 2. The summed E-state index contributed by atoms with van der Waals surface area (Å²) in [7, 11) is 0. The fourth-order valence-corrected chi connectivity index (χ4v) is 2.73. The van der Waals surface area contributed by atoms with Crippen LogP contribution < -0.4 is 10.6 Å². The molecule has 19 heavy (non-hydrogen) atoms. The summed E-state index contributed by atoms with van der Waals surface area (Å²) in [5.41, 5.74) is 1.86. The van der Waals surface area contributed by atoms with Crippen molar-refractivity contribution in [3.63, 3.8) is 0 Å². The number of imide groups is 1. The summed E-state index contributed by atoms with van der Waals surface area (Å²) in [5.74, 6) is -0.539. The third-order valence-corrected chi connectivity index (χ3v) is 3.80. The van der Waals surface area contributed by atoms with Crippen LogP contribution in [0.3, 0.4) is 0 Å². The highest BCUT2D eigenvalue weighted by molar-refractivity contribution is 6.22. The van der Waals surface area contributed by atoms with E-state index in [1.165, 1.54) is 0 Å². The van der Waals surface area contributed by atoms with Gasteiger partial charge in [-0.25, -0.2) is 0 Å². The van der Waals surface area contributed by atoms with Crippen molar-refractivity contribution >= 4 is 11.8 Å². The molecule has 1 saturated heterocycles. The molecule has 1 fully saturated rings. The van der Waals surface area contributed by atoms with E-state index in [0.717, 1.165) is 18.7 Å². The molecular formula is C14H16N2O3. The first-order valence-electron chi connectivity index (χ1n) is 6.49. The molecule has 0 aromatic heterocycles. The van der Waals surface area contributed by atoms with Gasteiger partial charge in [0, 0.05) is 19.0 Å². The van der Waals surface area contributed by atoms with Crippen LogP contribution in [-0.4, -0.2) is 37.6 Å². The first kappa shape index (κ1) is 12.3. The van der Waals surface area contributed by atoms with Crippen molar-refractivity contribution in [3.8, 4) is 0 Å². The summed E-state index contributed by atoms with van der Waals surface area (Å²) < 4.78 is 5.74. The molecule has 2 N–H and O–H groups in total. The number of nitrogens with one attached hydrogen (secondary N) is 2. The zero-order valence-corrected chi connectivity index (χ0v) is 10.7. The molecule has 0 saturated carbocycles. The maximum atomic E-state index is 11.9. The van der Waals surface area contributed by atoms with E-state index in [0.29, 0.717) is 17.7 Å². The standard InChI is InChI=1S/C14H16N2O3/c1-8(11-7-15-5-6-19-11)9-3-2-4-10-12(9)14(18)16-13(10)17/h2-4,8,11,15H,5-7H2,1H3,(H,16,17,18). The molecule has 0 aliphatic carbocycles. The Balaban J connectivity index is 1.97. The molecule has 1 aromatic rings. The Morgan fingerprint density at radius 3 is 2.89 bits per heavy atom. The lowest BCUT2D eigenvalue weighted by atomic mass is 9.89. The van der Waals surface area contributed by atoms with Crippen LogP contribution in [0.1, 0.15) is 39.1 Å². The lowest BCUT2D eigenvalue weighted by Crippen LogP contribution is -2.41. The Morgan fingerprint density at radius 1 is 1.32 bits per heavy atom. The summed E-state index contributed by atoms with van der Waals surface area (Å²) in [6, 6.07) is 5.41. The highest BCUT2D eigenvalue weighted by atomic mass is 16.5. The van der Waals surface area contributed by atoms with Crippen LogP contribution in [-0.2, 0) is 4.74 Å². The van der Waals surface area contributed by atoms with Gasteiger partial charge in [0.25, 0.3) is 11.8 Å². The minimum Gasteiger partial charge on any atom is -0.375 e. The quantitative estimate of drug-likeness (QED) is 0.767. The first-order chi connectivity index (χ1) is 9.18. The van der Waals surface area contributed by atoms with Gasteiger partial charge in [-0.05, 0) is 11.6 Å². The highest BCUT2D eigenvalue weighted by Gasteiger charge is 2.33. The van der Waals surface area contributed by atoms with Crippen molar-refractivity contribution < 1.29 is 14.3 Å². The van der Waals surface area contributed by atoms with Gasteiger partial charge in [0.05, 0.1) is 23.8 Å². The van der Waals surface area contributed by atoms with Crippen LogP contribution in [0.25, 0.3) is 0 Å². The first-order valence-corrected chi connectivity index (χ1v) is 6.49. The van der Waals surface area contributed by atoms with E-state index < -0.39 is 0 Å². The number of carbonyl (C=O) groups excluding carboxylic acids is 2. The number of benzene rings is 1. The van der Waals surface area contributed by atoms with E-state index in [2.05, 4.69) is 10.6 Å². The number of hydrogen-bond acceptors (Lipinski definition) is 4. The number of rotatable bonds is 2. The number of morpholine rings is 1. The average molecular weight is 260 g/mol. The molecule has 2 aliphatic rings. The molecule has 5 nitrogen and oxygen atoms in total. The van der Waals surface area contributed by atoms with E-state index in [9.17, 15) is 9.59 Å². The number of carbonyl (C=O) groups is 2. The van der Waals surface area contributed by atoms with Crippen LogP contribution in [0.4, 0.5) is 0 Å². The van der Waals surface area contributed by atoms with Gasteiger partial charge in [-0.3, -0.25) is 14.9 Å². The molecule has 5 heteroatoms. The summed E-state index contributed by atoms with van der Waals surface area (Å²) in [5, 5.41) is 5.63. The monoisotopic (exact) mass is 260 g/mol. The number of ether oxygens (including phenoxy) is 1. The van der Waals surface area contributed by atoms with Gasteiger partial charge in [-0.2, -0.15) is 0 Å². The van der Waals surface area contributed by atoms with Gasteiger partial charge >= 0.3 is 0 Å². The Morgan fingerprint density at radius 2 is 2.16 bits per heavy atom. The Hall–Kier alpha value is -1.72. The molecule has 0 spiro atoms. The highest BCUT2D eigenvalue weighted by Crippen LogP contribution is 2.29. The molecule has 0 bridgehead atoms. The van der Waals surface area contributed by atoms with Gasteiger partial charge in [0.1, 0.15) is 0 Å². The molecule has 1 aromatic carbocycles. The van der Waals surface area contributed by atoms with Gasteiger partial charge in [0.15, 0.2) is 0 Å². The lowest BCUT2D eigenvalue weighted by Gasteiger charge is -2.29. The maximum Gasteiger partial charge on any atom is 0.259 e. The van der Waals surface area contributed by atoms with Gasteiger partial charge in [-0.1, -0.05) is 19.1 Å². The average Bonchev–Trinajstić information content (AvgIpc) is 2.74. The topological polar surface area (TPSA) is 67.4 Å². The second-order valence-electron chi connectivity index (χ2n) is 4.96. The van der Waals surface area contributed by atoms with Crippen molar-refractivity contribution in [2.24, 2.45) is 0 Å². The second kappa shape index (κ2) is 4.75. The second-order valence-corrected chi connectivity index (χ2v) is 4.96. The summed E-state index contributed by atoms with van der Waals surface area (Å²) in [6.45, 7) is 4.33. The third-order valence-electron chi connectivity index (χ3n) is 3.80. The molecular weight excluding hydrogens is 244 g/mol. The summed E-state index contributed by atoms with van der Waals surface area (Å²) in [4.78, 5) is 23.5. The molecule has 3 rings (SSSR count). The number of amides is 2. The Labute approximate surface area is 111 Å². The fraction of sp³-hybridized carbons (Fsp3) is 0.429. The van der Waals surface area contributed by atoms with E-state index in [1.807, 2.05) is 19.1 Å². The minimum absolute atomic E-state index is 0.0313. The lowest BCUT2D eigenvalue weighted by molar-refractivity contribution is 0.0145. The summed E-state index contributed by atoms with van der Waals surface area (Å²) in [6.07, 6.45) is 0.0313. The summed E-state index contributed by atoms with van der Waals surface area (Å²) >= 11 is 0. The van der Waals surface area contributed by atoms with Gasteiger partial charge < -0.3 is 10.1 Å². The predicted molar refractivity (Wildman–Crippen MR) is 69.3 cm³/mol. The van der Waals surface area contributed by atoms with Crippen molar-refractivity contribution in [3.05, 3.63) is 34.9 Å². The molecule has 2 amide bonds. The van der Waals surface area contributed by atoms with Crippen molar-refractivity contribution in [2.45, 2.75) is 18.9 Å². The normalized spacial score (nSPS) is 23.9. The van der Waals surface area contributed by atoms with Crippen LogP contribution in [0, 0.1) is 0 Å². The Bertz CT molecular complexity index is 535. The van der Waals surface area contributed by atoms with E-state index in [1.54, 1.807) is 6.07 Å². The fourth-order valence-electron chi connectivity index (χ4n) is 2.73. The minimum atomic E-state index is -0.309. The number of fused-ring (bicyclic) bond motifs is 1. The third kappa shape index (κ3) is 2.05. The maximum absolute atomic E-state index is 11.9. The molecule has 0 radical (unpaired) electrons. The molecule has 2 unspecified atom stereocenters. The van der Waals surface area contributed by atoms with Crippen LogP contribution in [0.2, 0.25) is 0 Å². The molecule has 2 heterocycles. The van der Waals surface area contributed by atoms with Gasteiger partial charge in [0.2, 0.25) is 0 Å². The zero-order valence-electron chi connectivity index (χ0n) is 10.7. The van der Waals surface area contributed by atoms with Crippen molar-refractivity contribution in [1.82, 2.24) is 10.6 Å². The van der Waals surface area contributed by atoms with E-state index in [4.69, 9.17) is 4.74 Å². The van der Waals surface area contributed by atoms with Gasteiger partial charge in [-0.15, -0.1) is 0 Å². The SMILES string of the molecule is CC(c1cccc2c1C(=O)NC2=O)C1CNCCO1. The van der Waals surface area contributed by atoms with E-state index >= 15 is 0 Å². The molecule has 2 atom stereocenters. The molecule has 100 valence electrons. The van der Waals surface area contributed by atoms with Crippen molar-refractivity contribution in [2.75, 3.05) is 19.7 Å².